The quantitative estimate of drug-likeness (QED) is 0.716. The number of aromatic nitrogens is 1. The van der Waals surface area contributed by atoms with Crippen molar-refractivity contribution in [2.24, 2.45) is 5.41 Å². The van der Waals surface area contributed by atoms with Crippen LogP contribution in [0.5, 0.6) is 0 Å². The fraction of sp³-hybridized carbons (Fsp3) is 0.368. The molecule has 26 heavy (non-hydrogen) atoms. The smallest absolute Gasteiger partial charge is 0.416 e. The summed E-state index contributed by atoms with van der Waals surface area (Å²) in [6, 6.07) is 4.94. The summed E-state index contributed by atoms with van der Waals surface area (Å²) in [5.74, 6) is -0.191. The summed E-state index contributed by atoms with van der Waals surface area (Å²) in [5, 5.41) is 10.9. The molecule has 3 rings (SSSR count). The Hall–Kier alpha value is -2.15. The van der Waals surface area contributed by atoms with Crippen LogP contribution in [0.3, 0.4) is 0 Å². The van der Waals surface area contributed by atoms with Crippen LogP contribution >= 0.6 is 11.3 Å². The maximum absolute atomic E-state index is 12.9. The van der Waals surface area contributed by atoms with E-state index in [0.717, 1.165) is 12.1 Å². The van der Waals surface area contributed by atoms with Gasteiger partial charge in [-0.2, -0.15) is 13.2 Å². The normalized spacial score (nSPS) is 17.7. The number of Topliss-reactive ketones (excluding diaryl/α,β-unsaturated/α-hetero) is 1. The molecule has 1 aromatic carbocycles. The molecule has 0 unspecified atom stereocenters. The van der Waals surface area contributed by atoms with Gasteiger partial charge < -0.3 is 5.11 Å². The number of rotatable bonds is 2. The molecule has 1 aliphatic rings. The van der Waals surface area contributed by atoms with Gasteiger partial charge in [0.25, 0.3) is 0 Å². The standard InChI is InChI=1S/C19H18F3NO2S/c1-10-15(14-13(24)7-8-18(2,3)16(14)25)23-17(26-10)11-5-4-6-12(9-11)19(20,21)22/h4-6,9,25H,7-8H2,1-3H3. The highest BCUT2D eigenvalue weighted by Gasteiger charge is 2.37. The Morgan fingerprint density at radius 2 is 1.96 bits per heavy atom. The minimum Gasteiger partial charge on any atom is -0.511 e. The van der Waals surface area contributed by atoms with Crippen molar-refractivity contribution in [2.75, 3.05) is 0 Å². The number of halogens is 3. The van der Waals surface area contributed by atoms with Crippen LogP contribution in [0.15, 0.2) is 30.0 Å². The van der Waals surface area contributed by atoms with Gasteiger partial charge in [-0.3, -0.25) is 4.79 Å². The molecule has 1 heterocycles. The van der Waals surface area contributed by atoms with Crippen LogP contribution in [0.1, 0.15) is 42.8 Å². The van der Waals surface area contributed by atoms with E-state index in [-0.39, 0.29) is 17.1 Å². The third kappa shape index (κ3) is 3.28. The van der Waals surface area contributed by atoms with Crippen molar-refractivity contribution >= 4 is 22.7 Å². The number of hydrogen-bond acceptors (Lipinski definition) is 4. The van der Waals surface area contributed by atoms with Crippen molar-refractivity contribution in [3.8, 4) is 10.6 Å². The van der Waals surface area contributed by atoms with E-state index >= 15 is 0 Å². The molecular formula is C19H18F3NO2S. The molecule has 0 saturated heterocycles. The molecule has 0 atom stereocenters. The fourth-order valence-corrected chi connectivity index (χ4v) is 3.88. The average Bonchev–Trinajstić information content (AvgIpc) is 2.93. The third-order valence-electron chi connectivity index (χ3n) is 4.60. The Morgan fingerprint density at radius 1 is 1.27 bits per heavy atom. The molecule has 138 valence electrons. The first-order chi connectivity index (χ1) is 12.0. The number of aryl methyl sites for hydroxylation is 1. The van der Waals surface area contributed by atoms with Gasteiger partial charge in [0.2, 0.25) is 0 Å². The Bertz CT molecular complexity index is 910. The second-order valence-corrected chi connectivity index (χ2v) is 8.24. The number of alkyl halides is 3. The van der Waals surface area contributed by atoms with Crippen molar-refractivity contribution in [1.82, 2.24) is 4.98 Å². The van der Waals surface area contributed by atoms with Crippen molar-refractivity contribution in [3.63, 3.8) is 0 Å². The molecule has 0 aliphatic heterocycles. The van der Waals surface area contributed by atoms with Gasteiger partial charge in [0.1, 0.15) is 10.8 Å². The second kappa shape index (κ2) is 6.23. The van der Waals surface area contributed by atoms with Crippen LogP contribution in [-0.2, 0) is 11.0 Å². The summed E-state index contributed by atoms with van der Waals surface area (Å²) in [6.45, 7) is 5.45. The zero-order valence-corrected chi connectivity index (χ0v) is 15.4. The molecule has 0 radical (unpaired) electrons. The van der Waals surface area contributed by atoms with Crippen LogP contribution < -0.4 is 0 Å². The SMILES string of the molecule is Cc1sc(-c2cccc(C(F)(F)F)c2)nc1C1=C(O)C(C)(C)CCC1=O. The first-order valence-electron chi connectivity index (χ1n) is 8.13. The predicted octanol–water partition coefficient (Wildman–Crippen LogP) is 5.80. The minimum atomic E-state index is -4.44. The van der Waals surface area contributed by atoms with Gasteiger partial charge in [-0.25, -0.2) is 4.98 Å². The molecule has 3 nitrogen and oxygen atoms in total. The number of nitrogens with zero attached hydrogens (tertiary/aromatic N) is 1. The van der Waals surface area contributed by atoms with Gasteiger partial charge in [-0.15, -0.1) is 11.3 Å². The van der Waals surface area contributed by atoms with E-state index in [1.54, 1.807) is 13.0 Å². The van der Waals surface area contributed by atoms with E-state index < -0.39 is 17.2 Å². The lowest BCUT2D eigenvalue weighted by Gasteiger charge is -2.29. The third-order valence-corrected chi connectivity index (χ3v) is 5.62. The highest BCUT2D eigenvalue weighted by atomic mass is 32.1. The Balaban J connectivity index is 2.10. The Morgan fingerprint density at radius 3 is 2.62 bits per heavy atom. The first-order valence-corrected chi connectivity index (χ1v) is 8.95. The van der Waals surface area contributed by atoms with E-state index in [9.17, 15) is 23.1 Å². The molecular weight excluding hydrogens is 363 g/mol. The number of carbonyl (C=O) groups is 1. The summed E-state index contributed by atoms with van der Waals surface area (Å²) in [6.07, 6.45) is -3.58. The monoisotopic (exact) mass is 381 g/mol. The van der Waals surface area contributed by atoms with Crippen LogP contribution in [0.4, 0.5) is 13.2 Å². The highest BCUT2D eigenvalue weighted by molar-refractivity contribution is 7.15. The van der Waals surface area contributed by atoms with Crippen molar-refractivity contribution in [1.29, 1.82) is 0 Å². The molecule has 0 spiro atoms. The van der Waals surface area contributed by atoms with Gasteiger partial charge in [0.05, 0.1) is 16.8 Å². The molecule has 0 bridgehead atoms. The fourth-order valence-electron chi connectivity index (χ4n) is 2.96. The maximum Gasteiger partial charge on any atom is 0.416 e. The Labute approximate surface area is 153 Å². The van der Waals surface area contributed by atoms with Gasteiger partial charge >= 0.3 is 6.18 Å². The number of carbonyl (C=O) groups excluding carboxylic acids is 1. The largest absolute Gasteiger partial charge is 0.511 e. The Kier molecular flexibility index (Phi) is 4.46. The summed E-state index contributed by atoms with van der Waals surface area (Å²) in [5.41, 5.74) is -0.399. The lowest BCUT2D eigenvalue weighted by atomic mass is 9.76. The van der Waals surface area contributed by atoms with Crippen LogP contribution in [0, 0.1) is 12.3 Å². The summed E-state index contributed by atoms with van der Waals surface area (Å²) in [7, 11) is 0. The van der Waals surface area contributed by atoms with Crippen LogP contribution in [-0.4, -0.2) is 15.9 Å². The number of ketones is 1. The van der Waals surface area contributed by atoms with Crippen LogP contribution in [0.2, 0.25) is 0 Å². The highest BCUT2D eigenvalue weighted by Crippen LogP contribution is 2.43. The number of thiazole rings is 1. The topological polar surface area (TPSA) is 50.2 Å². The van der Waals surface area contributed by atoms with E-state index in [0.29, 0.717) is 34.0 Å². The zero-order valence-electron chi connectivity index (χ0n) is 14.6. The lowest BCUT2D eigenvalue weighted by molar-refractivity contribution is -0.137. The molecule has 1 aliphatic carbocycles. The number of allylic oxidation sites excluding steroid dienone is 2. The molecule has 1 N–H and O–H groups in total. The summed E-state index contributed by atoms with van der Waals surface area (Å²) < 4.78 is 38.8. The minimum absolute atomic E-state index is 0.00209. The molecule has 0 fully saturated rings. The number of aliphatic hydroxyl groups is 1. The second-order valence-electron chi connectivity index (χ2n) is 7.03. The lowest BCUT2D eigenvalue weighted by Crippen LogP contribution is -2.25. The van der Waals surface area contributed by atoms with E-state index in [4.69, 9.17) is 0 Å². The van der Waals surface area contributed by atoms with Gasteiger partial charge in [-0.05, 0) is 25.5 Å². The molecule has 0 amide bonds. The zero-order chi connectivity index (χ0) is 19.3. The van der Waals surface area contributed by atoms with Gasteiger partial charge in [-0.1, -0.05) is 26.0 Å². The van der Waals surface area contributed by atoms with Gasteiger partial charge in [0.15, 0.2) is 5.78 Å². The van der Waals surface area contributed by atoms with E-state index in [2.05, 4.69) is 4.98 Å². The number of hydrogen-bond donors (Lipinski definition) is 1. The summed E-state index contributed by atoms with van der Waals surface area (Å²) >= 11 is 1.21. The van der Waals surface area contributed by atoms with Crippen molar-refractivity contribution in [2.45, 2.75) is 39.8 Å². The number of benzene rings is 1. The van der Waals surface area contributed by atoms with Crippen LogP contribution in [0.25, 0.3) is 16.1 Å². The van der Waals surface area contributed by atoms with Crippen molar-refractivity contribution < 1.29 is 23.1 Å². The number of aliphatic hydroxyl groups excluding tert-OH is 1. The van der Waals surface area contributed by atoms with E-state index in [1.807, 2.05) is 13.8 Å². The van der Waals surface area contributed by atoms with Crippen molar-refractivity contribution in [3.05, 3.63) is 46.2 Å². The first kappa shape index (κ1) is 18.6. The molecule has 7 heteroatoms. The van der Waals surface area contributed by atoms with Gasteiger partial charge in [0, 0.05) is 22.3 Å². The summed E-state index contributed by atoms with van der Waals surface area (Å²) in [4.78, 5) is 17.5. The molecule has 1 aromatic heterocycles. The molecule has 0 saturated carbocycles. The maximum atomic E-state index is 12.9. The molecule has 2 aromatic rings. The van der Waals surface area contributed by atoms with E-state index in [1.165, 1.54) is 17.4 Å². The average molecular weight is 381 g/mol. The predicted molar refractivity (Wildman–Crippen MR) is 94.9 cm³/mol.